The number of hydrogen-bond acceptors (Lipinski definition) is 9. The Morgan fingerprint density at radius 3 is 1.48 bits per heavy atom. The fourth-order valence-electron chi connectivity index (χ4n) is 5.35. The number of ether oxygens (including phenoxy) is 2. The van der Waals surface area contributed by atoms with E-state index in [2.05, 4.69) is 30.5 Å². The molecule has 0 radical (unpaired) electrons. The van der Waals surface area contributed by atoms with Crippen molar-refractivity contribution >= 4 is 25.7 Å². The van der Waals surface area contributed by atoms with Crippen LogP contribution in [0.15, 0.2) is 12.2 Å². The summed E-state index contributed by atoms with van der Waals surface area (Å²) >= 11 is 0. The standard InChI is InChI=1S/C38H72NO10P/c1-3-5-7-9-11-13-15-16-17-18-20-21-23-25-27-29-36(40)46-31-34(32-47-50(44,45)48-33-35(39)38(42)43)49-37(41)30-28-26-24-22-19-14-12-10-8-6-4-2/h13,15,34-35H,3-12,14,16-33,39H2,1-2H3,(H,42,43)(H,44,45)/b15-13-/t34-,35+/m1/s1. The van der Waals surface area contributed by atoms with Gasteiger partial charge in [-0.25, -0.2) is 4.57 Å². The third kappa shape index (κ3) is 33.4. The molecular formula is C38H72NO10P. The highest BCUT2D eigenvalue weighted by molar-refractivity contribution is 7.47. The lowest BCUT2D eigenvalue weighted by Gasteiger charge is -2.20. The summed E-state index contributed by atoms with van der Waals surface area (Å²) in [4.78, 5) is 45.7. The van der Waals surface area contributed by atoms with Crippen LogP contribution in [0.25, 0.3) is 0 Å². The Hall–Kier alpha value is -1.78. The molecule has 3 atom stereocenters. The molecule has 11 nitrogen and oxygen atoms in total. The highest BCUT2D eigenvalue weighted by Gasteiger charge is 2.28. The van der Waals surface area contributed by atoms with Gasteiger partial charge in [0.25, 0.3) is 0 Å². The number of carbonyl (C=O) groups is 3. The number of unbranched alkanes of at least 4 members (excludes halogenated alkanes) is 21. The maximum absolute atomic E-state index is 12.5. The number of phosphoric acid groups is 1. The summed E-state index contributed by atoms with van der Waals surface area (Å²) in [6, 6.07) is -1.52. The van der Waals surface area contributed by atoms with Crippen LogP contribution in [-0.4, -0.2) is 59.9 Å². The number of carboxylic acid groups (broad SMARTS) is 1. The lowest BCUT2D eigenvalue weighted by molar-refractivity contribution is -0.161. The molecule has 4 N–H and O–H groups in total. The smallest absolute Gasteiger partial charge is 0.472 e. The van der Waals surface area contributed by atoms with Crippen LogP contribution in [0.2, 0.25) is 0 Å². The van der Waals surface area contributed by atoms with Crippen LogP contribution in [0.1, 0.15) is 181 Å². The van der Waals surface area contributed by atoms with Gasteiger partial charge in [-0.2, -0.15) is 0 Å². The maximum atomic E-state index is 12.5. The first-order valence-electron chi connectivity index (χ1n) is 19.7. The molecule has 0 saturated carbocycles. The Labute approximate surface area is 303 Å². The zero-order valence-corrected chi connectivity index (χ0v) is 32.4. The predicted molar refractivity (Wildman–Crippen MR) is 199 cm³/mol. The van der Waals surface area contributed by atoms with Crippen molar-refractivity contribution in [2.24, 2.45) is 5.73 Å². The molecule has 0 aliphatic heterocycles. The summed E-state index contributed by atoms with van der Waals surface area (Å²) in [5, 5.41) is 8.85. The molecule has 294 valence electrons. The zero-order valence-electron chi connectivity index (χ0n) is 31.5. The zero-order chi connectivity index (χ0) is 37.1. The Bertz CT molecular complexity index is 916. The average molecular weight is 734 g/mol. The first kappa shape index (κ1) is 48.2. The molecule has 0 amide bonds. The van der Waals surface area contributed by atoms with Gasteiger partial charge in [-0.3, -0.25) is 23.4 Å². The molecule has 0 saturated heterocycles. The normalized spacial score (nSPS) is 14.0. The predicted octanol–water partition coefficient (Wildman–Crippen LogP) is 9.73. The highest BCUT2D eigenvalue weighted by atomic mass is 31.2. The fourth-order valence-corrected chi connectivity index (χ4v) is 6.13. The summed E-state index contributed by atoms with van der Waals surface area (Å²) in [6.45, 7) is 2.77. The van der Waals surface area contributed by atoms with Crippen molar-refractivity contribution in [2.45, 2.75) is 193 Å². The van der Waals surface area contributed by atoms with E-state index >= 15 is 0 Å². The number of phosphoric ester groups is 1. The number of nitrogens with two attached hydrogens (primary N) is 1. The van der Waals surface area contributed by atoms with Crippen LogP contribution in [0.4, 0.5) is 0 Å². The van der Waals surface area contributed by atoms with E-state index in [1.54, 1.807) is 0 Å². The second kappa shape index (κ2) is 34.3. The van der Waals surface area contributed by atoms with Crippen LogP contribution >= 0.6 is 7.82 Å². The molecule has 0 heterocycles. The summed E-state index contributed by atoms with van der Waals surface area (Å²) in [6.07, 6.45) is 31.4. The summed E-state index contributed by atoms with van der Waals surface area (Å²) in [5.41, 5.74) is 5.31. The van der Waals surface area contributed by atoms with Gasteiger partial charge >= 0.3 is 25.7 Å². The Morgan fingerprint density at radius 2 is 1.00 bits per heavy atom. The van der Waals surface area contributed by atoms with Gasteiger partial charge in [-0.15, -0.1) is 0 Å². The van der Waals surface area contributed by atoms with E-state index in [1.807, 2.05) is 0 Å². The molecule has 0 aromatic rings. The van der Waals surface area contributed by atoms with E-state index in [1.165, 1.54) is 96.3 Å². The van der Waals surface area contributed by atoms with Crippen molar-refractivity contribution in [2.75, 3.05) is 19.8 Å². The number of carbonyl (C=O) groups excluding carboxylic acids is 2. The molecule has 50 heavy (non-hydrogen) atoms. The largest absolute Gasteiger partial charge is 0.480 e. The van der Waals surface area contributed by atoms with Gasteiger partial charge < -0.3 is 25.2 Å². The van der Waals surface area contributed by atoms with Gasteiger partial charge in [0.15, 0.2) is 6.10 Å². The second-order valence-electron chi connectivity index (χ2n) is 13.4. The fraction of sp³-hybridized carbons (Fsp3) is 0.868. The van der Waals surface area contributed by atoms with Crippen LogP contribution in [0.5, 0.6) is 0 Å². The molecule has 0 bridgehead atoms. The molecule has 0 rings (SSSR count). The molecule has 0 aromatic heterocycles. The van der Waals surface area contributed by atoms with E-state index in [0.29, 0.717) is 12.8 Å². The van der Waals surface area contributed by atoms with Gasteiger partial charge in [0.1, 0.15) is 12.6 Å². The lowest BCUT2D eigenvalue weighted by Crippen LogP contribution is -2.34. The van der Waals surface area contributed by atoms with Crippen molar-refractivity contribution in [3.05, 3.63) is 12.2 Å². The SMILES string of the molecule is CCCCCC/C=C\CCCCCCCCCC(=O)OC[C@H](COP(=O)(O)OC[C@H](N)C(=O)O)OC(=O)CCCCCCCCCCCCC. The Morgan fingerprint density at radius 1 is 0.600 bits per heavy atom. The van der Waals surface area contributed by atoms with Gasteiger partial charge in [0, 0.05) is 12.8 Å². The molecule has 0 spiro atoms. The first-order valence-corrected chi connectivity index (χ1v) is 21.2. The van der Waals surface area contributed by atoms with E-state index in [9.17, 15) is 23.8 Å². The number of aliphatic carboxylic acids is 1. The van der Waals surface area contributed by atoms with Crippen molar-refractivity contribution < 1.29 is 47.5 Å². The topological polar surface area (TPSA) is 172 Å². The Kier molecular flexibility index (Phi) is 33.1. The van der Waals surface area contributed by atoms with Gasteiger partial charge in [0.05, 0.1) is 13.2 Å². The van der Waals surface area contributed by atoms with Gasteiger partial charge in [-0.1, -0.05) is 142 Å². The number of carboxylic acids is 1. The van der Waals surface area contributed by atoms with E-state index < -0.39 is 51.1 Å². The third-order valence-electron chi connectivity index (χ3n) is 8.51. The minimum atomic E-state index is -4.70. The molecule has 0 aliphatic rings. The number of hydrogen-bond donors (Lipinski definition) is 3. The molecule has 0 fully saturated rings. The number of rotatable bonds is 37. The van der Waals surface area contributed by atoms with Crippen molar-refractivity contribution in [1.29, 1.82) is 0 Å². The van der Waals surface area contributed by atoms with E-state index in [0.717, 1.165) is 44.9 Å². The highest BCUT2D eigenvalue weighted by Crippen LogP contribution is 2.43. The first-order chi connectivity index (χ1) is 24.1. The Balaban J connectivity index is 4.39. The molecule has 0 aliphatic carbocycles. The van der Waals surface area contributed by atoms with Crippen LogP contribution in [-0.2, 0) is 37.5 Å². The monoisotopic (exact) mass is 733 g/mol. The van der Waals surface area contributed by atoms with Gasteiger partial charge in [-0.05, 0) is 38.5 Å². The maximum Gasteiger partial charge on any atom is 0.472 e. The molecular weight excluding hydrogens is 661 g/mol. The number of esters is 2. The minimum Gasteiger partial charge on any atom is -0.480 e. The molecule has 0 aromatic carbocycles. The quantitative estimate of drug-likeness (QED) is 0.0240. The van der Waals surface area contributed by atoms with E-state index in [4.69, 9.17) is 24.8 Å². The van der Waals surface area contributed by atoms with Crippen LogP contribution in [0, 0.1) is 0 Å². The lowest BCUT2D eigenvalue weighted by atomic mass is 10.1. The van der Waals surface area contributed by atoms with Crippen molar-refractivity contribution in [3.63, 3.8) is 0 Å². The number of allylic oxidation sites excluding steroid dienone is 2. The summed E-state index contributed by atoms with van der Waals surface area (Å²) in [7, 11) is -4.70. The van der Waals surface area contributed by atoms with E-state index in [-0.39, 0.29) is 19.4 Å². The second-order valence-corrected chi connectivity index (χ2v) is 14.9. The van der Waals surface area contributed by atoms with Gasteiger partial charge in [0.2, 0.25) is 0 Å². The minimum absolute atomic E-state index is 0.165. The molecule has 1 unspecified atom stereocenters. The summed E-state index contributed by atoms with van der Waals surface area (Å²) in [5.74, 6) is -2.38. The van der Waals surface area contributed by atoms with Crippen LogP contribution < -0.4 is 5.73 Å². The average Bonchev–Trinajstić information content (AvgIpc) is 3.09. The summed E-state index contributed by atoms with van der Waals surface area (Å²) < 4.78 is 32.6. The van der Waals surface area contributed by atoms with Crippen molar-refractivity contribution in [3.8, 4) is 0 Å². The third-order valence-corrected chi connectivity index (χ3v) is 9.46. The molecule has 12 heteroatoms. The van der Waals surface area contributed by atoms with Crippen molar-refractivity contribution in [1.82, 2.24) is 0 Å². The van der Waals surface area contributed by atoms with Crippen LogP contribution in [0.3, 0.4) is 0 Å².